The highest BCUT2D eigenvalue weighted by molar-refractivity contribution is 7.84. The second-order valence-electron chi connectivity index (χ2n) is 8.35. The molecule has 0 unspecified atom stereocenters. The van der Waals surface area contributed by atoms with Crippen molar-refractivity contribution in [2.75, 3.05) is 0 Å². The lowest BCUT2D eigenvalue weighted by molar-refractivity contribution is 0.278. The summed E-state index contributed by atoms with van der Waals surface area (Å²) >= 11 is 0. The van der Waals surface area contributed by atoms with Gasteiger partial charge in [-0.25, -0.2) is 8.93 Å². The van der Waals surface area contributed by atoms with Crippen molar-refractivity contribution in [3.8, 4) is 0 Å². The fraction of sp³-hybridized carbons (Fsp3) is 0.583. The van der Waals surface area contributed by atoms with Gasteiger partial charge >= 0.3 is 0 Å². The molecular weight excluding hydrogens is 350 g/mol. The Balaban J connectivity index is 3.11. The maximum Gasteiger partial charge on any atom is 0.0976 e. The van der Waals surface area contributed by atoms with Gasteiger partial charge in [0.15, 0.2) is 0 Å². The van der Waals surface area contributed by atoms with Gasteiger partial charge in [0.25, 0.3) is 0 Å². The predicted octanol–water partition coefficient (Wildman–Crippen LogP) is 6.67. The van der Waals surface area contributed by atoms with Crippen LogP contribution in [0.1, 0.15) is 78.7 Å². The summed E-state index contributed by atoms with van der Waals surface area (Å²) in [5.41, 5.74) is 1.06. The maximum atomic E-state index is 12.9. The second kappa shape index (κ2) is 11.6. The minimum absolute atomic E-state index is 0.0121. The largest absolute Gasteiger partial charge is 0.242 e. The number of benzene rings is 1. The summed E-state index contributed by atoms with van der Waals surface area (Å²) < 4.78 is 16.0. The minimum atomic E-state index is -1.13. The van der Waals surface area contributed by atoms with E-state index in [-0.39, 0.29) is 16.2 Å². The van der Waals surface area contributed by atoms with Gasteiger partial charge < -0.3 is 0 Å². The fourth-order valence-corrected chi connectivity index (χ4v) is 4.12. The van der Waals surface area contributed by atoms with E-state index in [1.165, 1.54) is 25.7 Å². The first kappa shape index (κ1) is 23.8. The Labute approximate surface area is 170 Å². The minimum Gasteiger partial charge on any atom is -0.242 e. The Bertz CT molecular complexity index is 603. The van der Waals surface area contributed by atoms with Gasteiger partial charge in [-0.2, -0.15) is 0 Å². The van der Waals surface area contributed by atoms with Crippen molar-refractivity contribution in [3.63, 3.8) is 0 Å². The maximum absolute atomic E-state index is 12.9. The Hall–Kier alpha value is -1.19. The van der Waals surface area contributed by atoms with Crippen molar-refractivity contribution in [3.05, 3.63) is 54.6 Å². The Morgan fingerprint density at radius 2 is 1.78 bits per heavy atom. The van der Waals surface area contributed by atoms with Crippen LogP contribution in [0, 0.1) is 5.41 Å². The van der Waals surface area contributed by atoms with E-state index < -0.39 is 11.0 Å². The zero-order chi connectivity index (χ0) is 20.3. The van der Waals surface area contributed by atoms with E-state index in [1.807, 2.05) is 39.0 Å². The average Bonchev–Trinajstić information content (AvgIpc) is 2.66. The molecule has 3 heteroatoms. The van der Waals surface area contributed by atoms with Crippen molar-refractivity contribution in [1.82, 2.24) is 4.72 Å². The molecule has 0 saturated heterocycles. The summed E-state index contributed by atoms with van der Waals surface area (Å²) in [5, 5.41) is 0. The van der Waals surface area contributed by atoms with Crippen molar-refractivity contribution in [1.29, 1.82) is 0 Å². The Morgan fingerprint density at radius 3 is 2.30 bits per heavy atom. The summed E-state index contributed by atoms with van der Waals surface area (Å²) in [6.45, 7) is 14.7. The third kappa shape index (κ3) is 7.75. The van der Waals surface area contributed by atoms with E-state index in [0.717, 1.165) is 18.4 Å². The average molecular weight is 390 g/mol. The molecule has 0 amide bonds. The monoisotopic (exact) mass is 389 g/mol. The van der Waals surface area contributed by atoms with Crippen LogP contribution in [-0.4, -0.2) is 15.0 Å². The smallest absolute Gasteiger partial charge is 0.0976 e. The first-order valence-electron chi connectivity index (χ1n) is 10.3. The lowest BCUT2D eigenvalue weighted by Crippen LogP contribution is -2.47. The summed E-state index contributed by atoms with van der Waals surface area (Å²) in [5.74, 6) is 0. The van der Waals surface area contributed by atoms with Crippen LogP contribution in [0.2, 0.25) is 0 Å². The molecule has 1 aromatic rings. The molecule has 2 nitrogen and oxygen atoms in total. The lowest BCUT2D eigenvalue weighted by Gasteiger charge is -2.38. The molecule has 0 aliphatic heterocycles. The Morgan fingerprint density at radius 1 is 1.11 bits per heavy atom. The standard InChI is InChI=1S/C24H39NOS/c1-7-10-11-15-20-24(8-2,9-3)22(25-27(26)23(4,5)6)19-18-21-16-13-12-14-17-21/h8,12-14,16-19,22,25H,2,7,9-11,15,20H2,1,3-6H3/b19-18+/t22-,24-,27+/m0/s1. The number of unbranched alkanes of at least 4 members (excludes halogenated alkanes) is 3. The summed E-state index contributed by atoms with van der Waals surface area (Å²) in [4.78, 5) is 0. The molecule has 0 heterocycles. The first-order valence-corrected chi connectivity index (χ1v) is 11.5. The van der Waals surface area contributed by atoms with Crippen molar-refractivity contribution in [2.45, 2.75) is 83.9 Å². The molecule has 0 aromatic heterocycles. The van der Waals surface area contributed by atoms with Gasteiger partial charge in [-0.1, -0.05) is 88.1 Å². The molecule has 0 bridgehead atoms. The van der Waals surface area contributed by atoms with Gasteiger partial charge in [0.2, 0.25) is 0 Å². The molecule has 0 aliphatic carbocycles. The number of hydrogen-bond acceptors (Lipinski definition) is 1. The van der Waals surface area contributed by atoms with Crippen LogP contribution < -0.4 is 4.72 Å². The molecule has 0 aliphatic rings. The molecule has 152 valence electrons. The highest BCUT2D eigenvalue weighted by Gasteiger charge is 2.35. The van der Waals surface area contributed by atoms with Gasteiger partial charge in [-0.15, -0.1) is 6.58 Å². The zero-order valence-electron chi connectivity index (χ0n) is 18.0. The number of hydrogen-bond donors (Lipinski definition) is 1. The van der Waals surface area contributed by atoms with Crippen LogP contribution in [0.25, 0.3) is 6.08 Å². The molecule has 27 heavy (non-hydrogen) atoms. The van der Waals surface area contributed by atoms with E-state index in [2.05, 4.69) is 55.5 Å². The normalized spacial score (nSPS) is 16.8. The molecule has 3 atom stereocenters. The third-order valence-corrected chi connectivity index (χ3v) is 6.83. The van der Waals surface area contributed by atoms with E-state index in [9.17, 15) is 4.21 Å². The van der Waals surface area contributed by atoms with Crippen molar-refractivity contribution >= 4 is 17.1 Å². The Kier molecular flexibility index (Phi) is 10.3. The molecule has 0 saturated carbocycles. The molecule has 1 N–H and O–H groups in total. The molecule has 0 radical (unpaired) electrons. The van der Waals surface area contributed by atoms with Crippen molar-refractivity contribution < 1.29 is 4.21 Å². The van der Waals surface area contributed by atoms with E-state index in [1.54, 1.807) is 0 Å². The highest BCUT2D eigenvalue weighted by atomic mass is 32.2. The van der Waals surface area contributed by atoms with Crippen molar-refractivity contribution in [2.24, 2.45) is 5.41 Å². The molecular formula is C24H39NOS. The van der Waals surface area contributed by atoms with Crippen LogP contribution in [-0.2, 0) is 11.0 Å². The summed E-state index contributed by atoms with van der Waals surface area (Å²) in [7, 11) is -1.13. The highest BCUT2D eigenvalue weighted by Crippen LogP contribution is 2.36. The van der Waals surface area contributed by atoms with Gasteiger partial charge in [0.05, 0.1) is 15.7 Å². The predicted molar refractivity (Wildman–Crippen MR) is 122 cm³/mol. The van der Waals surface area contributed by atoms with Crippen LogP contribution in [0.15, 0.2) is 49.1 Å². The molecule has 0 spiro atoms. The van der Waals surface area contributed by atoms with Gasteiger partial charge in [0.1, 0.15) is 0 Å². The van der Waals surface area contributed by atoms with E-state index in [4.69, 9.17) is 0 Å². The first-order chi connectivity index (χ1) is 12.8. The molecule has 1 aromatic carbocycles. The van der Waals surface area contributed by atoms with Gasteiger partial charge in [-0.05, 0) is 39.2 Å². The van der Waals surface area contributed by atoms with Crippen LogP contribution in [0.4, 0.5) is 0 Å². The lowest BCUT2D eigenvalue weighted by atomic mass is 9.74. The molecule has 1 rings (SSSR count). The quantitative estimate of drug-likeness (QED) is 0.314. The fourth-order valence-electron chi connectivity index (χ4n) is 3.22. The van der Waals surface area contributed by atoms with Gasteiger partial charge in [0, 0.05) is 11.5 Å². The zero-order valence-corrected chi connectivity index (χ0v) is 18.8. The second-order valence-corrected chi connectivity index (χ2v) is 10.3. The third-order valence-electron chi connectivity index (χ3n) is 5.25. The number of rotatable bonds is 12. The van der Waals surface area contributed by atoms with E-state index >= 15 is 0 Å². The molecule has 0 fully saturated rings. The summed E-state index contributed by atoms with van der Waals surface area (Å²) in [6.07, 6.45) is 13.4. The number of nitrogens with one attached hydrogen (secondary N) is 1. The van der Waals surface area contributed by atoms with Crippen LogP contribution in [0.3, 0.4) is 0 Å². The van der Waals surface area contributed by atoms with E-state index in [0.29, 0.717) is 0 Å². The van der Waals surface area contributed by atoms with Crippen LogP contribution in [0.5, 0.6) is 0 Å². The SMILES string of the molecule is C=C[C@](CC)(CCCCCC)[C@H](/C=C/c1ccccc1)N[S@](=O)C(C)(C)C. The van der Waals surface area contributed by atoms with Crippen LogP contribution >= 0.6 is 0 Å². The topological polar surface area (TPSA) is 29.1 Å². The summed E-state index contributed by atoms with van der Waals surface area (Å²) in [6, 6.07) is 10.3. The van der Waals surface area contributed by atoms with Gasteiger partial charge in [-0.3, -0.25) is 0 Å².